The molecule has 62 valence electrons. The summed E-state index contributed by atoms with van der Waals surface area (Å²) in [4.78, 5) is 0. The van der Waals surface area contributed by atoms with Gasteiger partial charge >= 0.3 is 0 Å². The van der Waals surface area contributed by atoms with Crippen LogP contribution in [0.25, 0.3) is 0 Å². The van der Waals surface area contributed by atoms with Gasteiger partial charge in [0.25, 0.3) is 0 Å². The van der Waals surface area contributed by atoms with E-state index in [1.165, 1.54) is 0 Å². The third-order valence-electron chi connectivity index (χ3n) is 2.46. The Hall–Kier alpha value is 0.180. The van der Waals surface area contributed by atoms with Crippen molar-refractivity contribution in [3.05, 3.63) is 12.2 Å². The molecule has 0 radical (unpaired) electrons. The molecule has 0 saturated heterocycles. The number of hydrogen-bond donors (Lipinski definition) is 0. The van der Waals surface area contributed by atoms with Gasteiger partial charge < -0.3 is 0 Å². The quantitative estimate of drug-likeness (QED) is 0.415. The van der Waals surface area contributed by atoms with Crippen LogP contribution in [0, 0.1) is 11.8 Å². The molecule has 0 spiro atoms. The average molecular weight is 199 g/mol. The van der Waals surface area contributed by atoms with E-state index in [4.69, 9.17) is 23.2 Å². The predicted octanol–water partition coefficient (Wildman–Crippen LogP) is 3.00. The number of halogens is 4. The van der Waals surface area contributed by atoms with E-state index in [9.17, 15) is 8.78 Å². The highest BCUT2D eigenvalue weighted by molar-refractivity contribution is 6.34. The summed E-state index contributed by atoms with van der Waals surface area (Å²) in [5.41, 5.74) is 0. The summed E-state index contributed by atoms with van der Waals surface area (Å²) in [6, 6.07) is 0. The summed E-state index contributed by atoms with van der Waals surface area (Å²) in [5.74, 6) is -1.12. The number of fused-ring (bicyclic) bond motifs is 2. The average Bonchev–Trinajstić information content (AvgIpc) is 2.37. The first kappa shape index (κ1) is 7.81. The van der Waals surface area contributed by atoms with Gasteiger partial charge in [0.2, 0.25) is 10.3 Å². The van der Waals surface area contributed by atoms with Gasteiger partial charge in [-0.15, -0.1) is 0 Å². The highest BCUT2D eigenvalue weighted by Gasteiger charge is 2.67. The van der Waals surface area contributed by atoms with Crippen LogP contribution in [0.4, 0.5) is 8.78 Å². The molecule has 0 aliphatic heterocycles. The molecule has 4 heteroatoms. The summed E-state index contributed by atoms with van der Waals surface area (Å²) in [6.07, 6.45) is 3.58. The molecular formula is C7H6Cl2F2. The van der Waals surface area contributed by atoms with Gasteiger partial charge in [-0.25, -0.2) is 8.78 Å². The van der Waals surface area contributed by atoms with Crippen LogP contribution in [0.1, 0.15) is 6.42 Å². The molecule has 0 heterocycles. The molecule has 1 saturated carbocycles. The van der Waals surface area contributed by atoms with E-state index in [1.807, 2.05) is 0 Å². The first-order valence-electron chi connectivity index (χ1n) is 3.40. The lowest BCUT2D eigenvalue weighted by atomic mass is 10.0. The van der Waals surface area contributed by atoms with Gasteiger partial charge in [-0.1, -0.05) is 35.4 Å². The monoisotopic (exact) mass is 198 g/mol. The third-order valence-corrected chi connectivity index (χ3v) is 3.67. The van der Waals surface area contributed by atoms with Crippen molar-refractivity contribution in [2.75, 3.05) is 0 Å². The van der Waals surface area contributed by atoms with E-state index < -0.39 is 22.1 Å². The molecule has 2 rings (SSSR count). The molecule has 4 atom stereocenters. The molecule has 0 aromatic rings. The van der Waals surface area contributed by atoms with E-state index in [0.717, 1.165) is 0 Å². The molecule has 2 bridgehead atoms. The normalized spacial score (nSPS) is 60.7. The molecule has 0 amide bonds. The van der Waals surface area contributed by atoms with Gasteiger partial charge in [0.1, 0.15) is 0 Å². The fraction of sp³-hybridized carbons (Fsp3) is 0.714. The molecule has 2 aliphatic carbocycles. The minimum atomic E-state index is -2.41. The largest absolute Gasteiger partial charge is 0.237 e. The van der Waals surface area contributed by atoms with Gasteiger partial charge in [-0.05, 0) is 6.42 Å². The topological polar surface area (TPSA) is 0 Å². The van der Waals surface area contributed by atoms with E-state index in [2.05, 4.69) is 0 Å². The maximum atomic E-state index is 13.3. The molecule has 0 nitrogen and oxygen atoms in total. The van der Waals surface area contributed by atoms with E-state index in [-0.39, 0.29) is 0 Å². The van der Waals surface area contributed by atoms with Crippen LogP contribution < -0.4 is 0 Å². The molecular weight excluding hydrogens is 193 g/mol. The summed E-state index contributed by atoms with van der Waals surface area (Å²) in [5, 5.41) is -4.82. The second-order valence-electron chi connectivity index (χ2n) is 3.08. The Morgan fingerprint density at radius 2 is 1.45 bits per heavy atom. The predicted molar refractivity (Wildman–Crippen MR) is 40.1 cm³/mol. The van der Waals surface area contributed by atoms with E-state index in [0.29, 0.717) is 6.42 Å². The maximum Gasteiger partial charge on any atom is 0.237 e. The first-order valence-corrected chi connectivity index (χ1v) is 4.16. The lowest BCUT2D eigenvalue weighted by Gasteiger charge is -2.29. The fourth-order valence-corrected chi connectivity index (χ4v) is 2.33. The summed E-state index contributed by atoms with van der Waals surface area (Å²) in [6.45, 7) is 0. The van der Waals surface area contributed by atoms with Crippen LogP contribution >= 0.6 is 23.2 Å². The van der Waals surface area contributed by atoms with Crippen LogP contribution in [0.3, 0.4) is 0 Å². The molecule has 4 unspecified atom stereocenters. The molecule has 0 aromatic carbocycles. The lowest BCUT2D eigenvalue weighted by Crippen LogP contribution is -2.41. The third kappa shape index (κ3) is 0.748. The van der Waals surface area contributed by atoms with Gasteiger partial charge in [0, 0.05) is 11.8 Å². The van der Waals surface area contributed by atoms with Gasteiger partial charge in [0.05, 0.1) is 0 Å². The maximum absolute atomic E-state index is 13.3. The standard InChI is InChI=1S/C7H6Cl2F2/c8-6(10)4-1-2-5(3-4)7(6,9)11/h1-2,4-5H,3H2. The van der Waals surface area contributed by atoms with Crippen molar-refractivity contribution in [3.63, 3.8) is 0 Å². The Labute approximate surface area is 73.2 Å². The van der Waals surface area contributed by atoms with Crippen LogP contribution in [0.5, 0.6) is 0 Å². The zero-order chi connectivity index (χ0) is 8.28. The highest BCUT2D eigenvalue weighted by atomic mass is 35.5. The Morgan fingerprint density at radius 1 is 1.09 bits per heavy atom. The Morgan fingerprint density at radius 3 is 1.64 bits per heavy atom. The van der Waals surface area contributed by atoms with Crippen LogP contribution in [-0.4, -0.2) is 10.3 Å². The molecule has 1 fully saturated rings. The zero-order valence-electron chi connectivity index (χ0n) is 5.53. The minimum Gasteiger partial charge on any atom is -0.221 e. The minimum absolute atomic E-state index is 0.389. The van der Waals surface area contributed by atoms with Crippen molar-refractivity contribution in [1.29, 1.82) is 0 Å². The second-order valence-corrected chi connectivity index (χ2v) is 4.18. The van der Waals surface area contributed by atoms with Crippen molar-refractivity contribution < 1.29 is 8.78 Å². The van der Waals surface area contributed by atoms with Crippen molar-refractivity contribution >= 4 is 23.2 Å². The molecule has 0 N–H and O–H groups in total. The summed E-state index contributed by atoms with van der Waals surface area (Å²) >= 11 is 10.7. The van der Waals surface area contributed by atoms with Gasteiger partial charge in [-0.2, -0.15) is 0 Å². The highest BCUT2D eigenvalue weighted by Crippen LogP contribution is 2.61. The molecule has 2 aliphatic rings. The Kier molecular flexibility index (Phi) is 1.36. The zero-order valence-corrected chi connectivity index (χ0v) is 7.04. The van der Waals surface area contributed by atoms with E-state index in [1.54, 1.807) is 12.2 Å². The number of alkyl halides is 4. The molecule has 11 heavy (non-hydrogen) atoms. The van der Waals surface area contributed by atoms with Crippen molar-refractivity contribution in [3.8, 4) is 0 Å². The number of allylic oxidation sites excluding steroid dienone is 2. The summed E-state index contributed by atoms with van der Waals surface area (Å²) < 4.78 is 26.6. The van der Waals surface area contributed by atoms with Crippen LogP contribution in [0.2, 0.25) is 0 Å². The Bertz CT molecular complexity index is 200. The Balaban J connectivity index is 2.45. The van der Waals surface area contributed by atoms with E-state index >= 15 is 0 Å². The fourth-order valence-electron chi connectivity index (χ4n) is 1.73. The van der Waals surface area contributed by atoms with Crippen molar-refractivity contribution in [2.24, 2.45) is 11.8 Å². The van der Waals surface area contributed by atoms with Crippen molar-refractivity contribution in [2.45, 2.75) is 16.7 Å². The number of rotatable bonds is 0. The van der Waals surface area contributed by atoms with Crippen LogP contribution in [0.15, 0.2) is 12.2 Å². The SMILES string of the molecule is FC1(Cl)C2C=CC(C2)C1(F)Cl. The summed E-state index contributed by atoms with van der Waals surface area (Å²) in [7, 11) is 0. The second kappa shape index (κ2) is 1.91. The first-order chi connectivity index (χ1) is 4.96. The van der Waals surface area contributed by atoms with Gasteiger partial charge in [0.15, 0.2) is 0 Å². The van der Waals surface area contributed by atoms with Crippen molar-refractivity contribution in [1.82, 2.24) is 0 Å². The van der Waals surface area contributed by atoms with Gasteiger partial charge in [-0.3, -0.25) is 0 Å². The molecule has 0 aromatic heterocycles. The smallest absolute Gasteiger partial charge is 0.221 e. The number of hydrogen-bond acceptors (Lipinski definition) is 0. The lowest BCUT2D eigenvalue weighted by molar-refractivity contribution is 0.0817. The van der Waals surface area contributed by atoms with Crippen LogP contribution in [-0.2, 0) is 0 Å².